The van der Waals surface area contributed by atoms with Crippen LogP contribution in [0, 0.1) is 6.92 Å². The molecule has 1 fully saturated rings. The first kappa shape index (κ1) is 13.3. The van der Waals surface area contributed by atoms with Gasteiger partial charge in [0.05, 0.1) is 30.0 Å². The summed E-state index contributed by atoms with van der Waals surface area (Å²) >= 11 is 1.64. The summed E-state index contributed by atoms with van der Waals surface area (Å²) < 4.78 is 5.31. The number of hydrogen-bond acceptors (Lipinski definition) is 4. The fraction of sp³-hybridized carbons (Fsp3) is 0.667. The van der Waals surface area contributed by atoms with Crippen molar-refractivity contribution >= 4 is 17.4 Å². The van der Waals surface area contributed by atoms with Gasteiger partial charge in [0.25, 0.3) is 0 Å². The molecule has 1 aliphatic heterocycles. The summed E-state index contributed by atoms with van der Waals surface area (Å²) in [5.74, 6) is 0. The standard InChI is InChI=1S/C12H19N3O2S/c1-9-7-17-6-5-15(9)12(16)13-4-3-11-8-18-10(2)14-11/h8-9H,3-7H2,1-2H3,(H,13,16)/t9-/m1/s1. The number of nitrogens with one attached hydrogen (secondary N) is 1. The number of thiazole rings is 1. The summed E-state index contributed by atoms with van der Waals surface area (Å²) in [7, 11) is 0. The summed E-state index contributed by atoms with van der Waals surface area (Å²) in [4.78, 5) is 18.1. The lowest BCUT2D eigenvalue weighted by atomic mass is 10.3. The largest absolute Gasteiger partial charge is 0.377 e. The fourth-order valence-electron chi connectivity index (χ4n) is 1.95. The van der Waals surface area contributed by atoms with Gasteiger partial charge >= 0.3 is 6.03 Å². The van der Waals surface area contributed by atoms with Gasteiger partial charge in [-0.3, -0.25) is 0 Å². The second kappa shape index (κ2) is 6.15. The van der Waals surface area contributed by atoms with E-state index < -0.39 is 0 Å². The lowest BCUT2D eigenvalue weighted by molar-refractivity contribution is 0.0191. The highest BCUT2D eigenvalue weighted by Gasteiger charge is 2.23. The van der Waals surface area contributed by atoms with Gasteiger partial charge in [0.1, 0.15) is 0 Å². The fourth-order valence-corrected chi connectivity index (χ4v) is 2.60. The molecule has 0 saturated carbocycles. The van der Waals surface area contributed by atoms with E-state index in [2.05, 4.69) is 10.3 Å². The Bertz CT molecular complexity index is 408. The Balaban J connectivity index is 1.74. The number of carbonyl (C=O) groups excluding carboxylic acids is 1. The normalized spacial score (nSPS) is 19.9. The molecular formula is C12H19N3O2S. The number of aromatic nitrogens is 1. The van der Waals surface area contributed by atoms with Gasteiger partial charge in [-0.15, -0.1) is 11.3 Å². The van der Waals surface area contributed by atoms with Crippen LogP contribution in [0.1, 0.15) is 17.6 Å². The third-order valence-corrected chi connectivity index (χ3v) is 3.77. The first-order chi connectivity index (χ1) is 8.66. The second-order valence-electron chi connectivity index (χ2n) is 4.46. The van der Waals surface area contributed by atoms with Crippen LogP contribution in [-0.4, -0.2) is 48.3 Å². The van der Waals surface area contributed by atoms with Crippen LogP contribution in [0.5, 0.6) is 0 Å². The number of morpholine rings is 1. The SMILES string of the molecule is Cc1nc(CCNC(=O)N2CCOC[C@H]2C)cs1. The van der Waals surface area contributed by atoms with Crippen molar-refractivity contribution in [2.45, 2.75) is 26.3 Å². The summed E-state index contributed by atoms with van der Waals surface area (Å²) in [5, 5.41) is 6.04. The molecule has 18 heavy (non-hydrogen) atoms. The van der Waals surface area contributed by atoms with Crippen LogP contribution in [-0.2, 0) is 11.2 Å². The van der Waals surface area contributed by atoms with Gasteiger partial charge in [0.15, 0.2) is 0 Å². The number of carbonyl (C=O) groups is 1. The smallest absolute Gasteiger partial charge is 0.317 e. The molecule has 1 aromatic heterocycles. The number of hydrogen-bond donors (Lipinski definition) is 1. The van der Waals surface area contributed by atoms with Crippen molar-refractivity contribution in [3.05, 3.63) is 16.1 Å². The highest BCUT2D eigenvalue weighted by atomic mass is 32.1. The van der Waals surface area contributed by atoms with Gasteiger partial charge < -0.3 is 15.0 Å². The minimum absolute atomic E-state index is 0.00208. The molecular weight excluding hydrogens is 250 g/mol. The second-order valence-corrected chi connectivity index (χ2v) is 5.52. The van der Waals surface area contributed by atoms with Gasteiger partial charge in [-0.2, -0.15) is 0 Å². The Kier molecular flexibility index (Phi) is 4.54. The van der Waals surface area contributed by atoms with E-state index in [0.717, 1.165) is 17.1 Å². The number of amides is 2. The van der Waals surface area contributed by atoms with Gasteiger partial charge in [-0.25, -0.2) is 9.78 Å². The first-order valence-corrected chi connectivity index (χ1v) is 7.08. The summed E-state index contributed by atoms with van der Waals surface area (Å²) in [6.45, 7) is 6.54. The predicted octanol–water partition coefficient (Wildman–Crippen LogP) is 1.42. The molecule has 1 aromatic rings. The molecule has 5 nitrogen and oxygen atoms in total. The topological polar surface area (TPSA) is 54.5 Å². The molecule has 2 rings (SSSR count). The van der Waals surface area contributed by atoms with Crippen LogP contribution in [0.25, 0.3) is 0 Å². The summed E-state index contributed by atoms with van der Waals surface area (Å²) in [6, 6.07) is 0.151. The molecule has 1 saturated heterocycles. The van der Waals surface area contributed by atoms with Crippen molar-refractivity contribution < 1.29 is 9.53 Å². The van der Waals surface area contributed by atoms with E-state index in [9.17, 15) is 4.79 Å². The van der Waals surface area contributed by atoms with Crippen molar-refractivity contribution in [3.8, 4) is 0 Å². The molecule has 0 spiro atoms. The van der Waals surface area contributed by atoms with Gasteiger partial charge in [-0.05, 0) is 13.8 Å². The number of urea groups is 1. The van der Waals surface area contributed by atoms with E-state index in [4.69, 9.17) is 4.74 Å². The minimum Gasteiger partial charge on any atom is -0.377 e. The highest BCUT2D eigenvalue weighted by molar-refractivity contribution is 7.09. The molecule has 0 bridgehead atoms. The van der Waals surface area contributed by atoms with Crippen molar-refractivity contribution in [3.63, 3.8) is 0 Å². The monoisotopic (exact) mass is 269 g/mol. The Morgan fingerprint density at radius 1 is 1.72 bits per heavy atom. The number of rotatable bonds is 3. The molecule has 0 radical (unpaired) electrons. The maximum absolute atomic E-state index is 11.9. The van der Waals surface area contributed by atoms with E-state index in [1.54, 1.807) is 11.3 Å². The molecule has 0 aliphatic carbocycles. The molecule has 2 heterocycles. The van der Waals surface area contributed by atoms with Crippen molar-refractivity contribution in [1.29, 1.82) is 0 Å². The van der Waals surface area contributed by atoms with E-state index in [0.29, 0.717) is 26.3 Å². The van der Waals surface area contributed by atoms with Crippen LogP contribution in [0.3, 0.4) is 0 Å². The zero-order valence-electron chi connectivity index (χ0n) is 10.8. The summed E-state index contributed by atoms with van der Waals surface area (Å²) in [6.07, 6.45) is 0.787. The molecule has 1 atom stereocenters. The summed E-state index contributed by atoms with van der Waals surface area (Å²) in [5.41, 5.74) is 1.05. The number of aryl methyl sites for hydroxylation is 1. The Morgan fingerprint density at radius 2 is 2.56 bits per heavy atom. The molecule has 6 heteroatoms. The van der Waals surface area contributed by atoms with E-state index in [-0.39, 0.29) is 12.1 Å². The van der Waals surface area contributed by atoms with Crippen molar-refractivity contribution in [1.82, 2.24) is 15.2 Å². The third kappa shape index (κ3) is 3.43. The van der Waals surface area contributed by atoms with Gasteiger partial charge in [0, 0.05) is 24.9 Å². The van der Waals surface area contributed by atoms with Crippen LogP contribution in [0.15, 0.2) is 5.38 Å². The lowest BCUT2D eigenvalue weighted by Gasteiger charge is -2.33. The first-order valence-electron chi connectivity index (χ1n) is 6.20. The van der Waals surface area contributed by atoms with Crippen LogP contribution >= 0.6 is 11.3 Å². The van der Waals surface area contributed by atoms with Crippen molar-refractivity contribution in [2.75, 3.05) is 26.3 Å². The van der Waals surface area contributed by atoms with Crippen LogP contribution in [0.2, 0.25) is 0 Å². The average Bonchev–Trinajstić information content (AvgIpc) is 2.75. The quantitative estimate of drug-likeness (QED) is 0.903. The Morgan fingerprint density at radius 3 is 3.22 bits per heavy atom. The highest BCUT2D eigenvalue weighted by Crippen LogP contribution is 2.08. The Hall–Kier alpha value is -1.14. The number of nitrogens with zero attached hydrogens (tertiary/aromatic N) is 2. The van der Waals surface area contributed by atoms with Crippen LogP contribution in [0.4, 0.5) is 4.79 Å². The van der Waals surface area contributed by atoms with E-state index in [1.807, 2.05) is 24.1 Å². The van der Waals surface area contributed by atoms with Gasteiger partial charge in [0.2, 0.25) is 0 Å². The van der Waals surface area contributed by atoms with Crippen LogP contribution < -0.4 is 5.32 Å². The third-order valence-electron chi connectivity index (χ3n) is 2.95. The molecule has 1 aliphatic rings. The predicted molar refractivity (Wildman–Crippen MR) is 70.9 cm³/mol. The van der Waals surface area contributed by atoms with Crippen molar-refractivity contribution in [2.24, 2.45) is 0 Å². The molecule has 2 amide bonds. The molecule has 0 unspecified atom stereocenters. The van der Waals surface area contributed by atoms with Gasteiger partial charge in [-0.1, -0.05) is 0 Å². The maximum Gasteiger partial charge on any atom is 0.317 e. The maximum atomic E-state index is 11.9. The molecule has 0 aromatic carbocycles. The zero-order valence-corrected chi connectivity index (χ0v) is 11.6. The van der Waals surface area contributed by atoms with E-state index >= 15 is 0 Å². The van der Waals surface area contributed by atoms with E-state index in [1.165, 1.54) is 0 Å². The molecule has 100 valence electrons. The Labute approximate surface area is 111 Å². The molecule has 1 N–H and O–H groups in total. The minimum atomic E-state index is -0.00208. The lowest BCUT2D eigenvalue weighted by Crippen LogP contribution is -2.51. The number of ether oxygens (including phenoxy) is 1. The zero-order chi connectivity index (χ0) is 13.0. The average molecular weight is 269 g/mol.